The van der Waals surface area contributed by atoms with Crippen LogP contribution < -0.4 is 10.7 Å². The fourth-order valence-corrected chi connectivity index (χ4v) is 3.39. The number of rotatable bonds is 2. The summed E-state index contributed by atoms with van der Waals surface area (Å²) >= 11 is 0. The highest BCUT2D eigenvalue weighted by molar-refractivity contribution is 6.06. The fourth-order valence-electron chi connectivity index (χ4n) is 3.39. The number of carbonyl (C=O) groups excluding carboxylic acids is 1. The Morgan fingerprint density at radius 2 is 1.28 bits per heavy atom. The molecule has 4 aromatic rings. The molecule has 0 unspecified atom stereocenters. The van der Waals surface area contributed by atoms with Crippen molar-refractivity contribution in [1.29, 1.82) is 0 Å². The number of aliphatic imine (C=N–C) groups is 1. The number of aromatic hydroxyl groups is 2. The number of guanidine groups is 1. The number of carbonyl (C=O) groups is 1. The van der Waals surface area contributed by atoms with Gasteiger partial charge in [0, 0.05) is 10.8 Å². The van der Waals surface area contributed by atoms with Gasteiger partial charge >= 0.3 is 0 Å². The van der Waals surface area contributed by atoms with Gasteiger partial charge in [-0.15, -0.1) is 0 Å². The molecule has 140 valence electrons. The standard InChI is InChI=1S/C22H14N4O3/c27-19(25-22-23-16-10-4-5-11-17(16)24-22)15-9-3-6-12-18(15)26-20(28)13-7-1-2-8-14(13)21(26)29/h1-12,28-29H. The number of benzene rings is 3. The number of para-hydroxylation sites is 3. The van der Waals surface area contributed by atoms with Crippen LogP contribution in [-0.4, -0.2) is 26.6 Å². The SMILES string of the molecule is O=C(N=C1N=c2ccccc2=N1)c1ccccc1-n1c(O)c2ccccc2c1O. The van der Waals surface area contributed by atoms with E-state index >= 15 is 0 Å². The molecule has 0 spiro atoms. The van der Waals surface area contributed by atoms with Crippen LogP contribution in [0.25, 0.3) is 16.5 Å². The zero-order valence-corrected chi connectivity index (χ0v) is 15.0. The van der Waals surface area contributed by atoms with Gasteiger partial charge in [-0.1, -0.05) is 36.4 Å². The summed E-state index contributed by atoms with van der Waals surface area (Å²) in [4.78, 5) is 25.4. The molecule has 1 aliphatic heterocycles. The minimum Gasteiger partial charge on any atom is -0.494 e. The Labute approximate surface area is 164 Å². The van der Waals surface area contributed by atoms with E-state index in [-0.39, 0.29) is 23.3 Å². The van der Waals surface area contributed by atoms with E-state index in [0.717, 1.165) is 0 Å². The number of amides is 1. The zero-order chi connectivity index (χ0) is 20.0. The molecule has 3 aromatic carbocycles. The van der Waals surface area contributed by atoms with Crippen molar-refractivity contribution in [3.8, 4) is 17.4 Å². The summed E-state index contributed by atoms with van der Waals surface area (Å²) in [7, 11) is 0. The first-order valence-electron chi connectivity index (χ1n) is 8.90. The number of hydrogen-bond donors (Lipinski definition) is 2. The van der Waals surface area contributed by atoms with Gasteiger partial charge in [0.1, 0.15) is 0 Å². The fraction of sp³-hybridized carbons (Fsp3) is 0. The molecule has 0 aliphatic carbocycles. The minimum atomic E-state index is -0.576. The van der Waals surface area contributed by atoms with Crippen molar-refractivity contribution in [2.75, 3.05) is 0 Å². The van der Waals surface area contributed by atoms with Crippen LogP contribution in [0.4, 0.5) is 0 Å². The number of hydrogen-bond acceptors (Lipinski definition) is 3. The van der Waals surface area contributed by atoms with Crippen molar-refractivity contribution < 1.29 is 15.0 Å². The average Bonchev–Trinajstić information content (AvgIpc) is 3.26. The van der Waals surface area contributed by atoms with E-state index in [1.807, 2.05) is 12.1 Å². The first-order chi connectivity index (χ1) is 14.1. The highest BCUT2D eigenvalue weighted by Gasteiger charge is 2.21. The molecule has 0 atom stereocenters. The maximum absolute atomic E-state index is 12.9. The van der Waals surface area contributed by atoms with E-state index < -0.39 is 5.91 Å². The molecule has 1 aromatic heterocycles. The Morgan fingerprint density at radius 3 is 1.90 bits per heavy atom. The third kappa shape index (κ3) is 2.68. The van der Waals surface area contributed by atoms with Gasteiger partial charge in [-0.2, -0.15) is 4.99 Å². The van der Waals surface area contributed by atoms with E-state index in [4.69, 9.17) is 0 Å². The van der Waals surface area contributed by atoms with Gasteiger partial charge in [0.25, 0.3) is 11.9 Å². The lowest BCUT2D eigenvalue weighted by atomic mass is 10.1. The molecule has 1 aliphatic rings. The molecular formula is C22H14N4O3. The van der Waals surface area contributed by atoms with Gasteiger partial charge in [-0.25, -0.2) is 14.6 Å². The Morgan fingerprint density at radius 1 is 0.759 bits per heavy atom. The summed E-state index contributed by atoms with van der Waals surface area (Å²) in [6.07, 6.45) is 0. The molecule has 0 saturated heterocycles. The van der Waals surface area contributed by atoms with E-state index in [9.17, 15) is 15.0 Å². The van der Waals surface area contributed by atoms with E-state index in [1.54, 1.807) is 60.7 Å². The van der Waals surface area contributed by atoms with Crippen molar-refractivity contribution in [3.63, 3.8) is 0 Å². The molecule has 0 bridgehead atoms. The van der Waals surface area contributed by atoms with E-state index in [1.165, 1.54) is 4.57 Å². The average molecular weight is 382 g/mol. The molecule has 7 nitrogen and oxygen atoms in total. The van der Waals surface area contributed by atoms with Crippen LogP contribution in [0.15, 0.2) is 87.8 Å². The quantitative estimate of drug-likeness (QED) is 0.557. The molecule has 2 N–H and O–H groups in total. The van der Waals surface area contributed by atoms with Crippen LogP contribution in [0.3, 0.4) is 0 Å². The summed E-state index contributed by atoms with van der Waals surface area (Å²) in [5.41, 5.74) is 0.510. The number of fused-ring (bicyclic) bond motifs is 2. The largest absolute Gasteiger partial charge is 0.494 e. The maximum Gasteiger partial charge on any atom is 0.282 e. The predicted molar refractivity (Wildman–Crippen MR) is 107 cm³/mol. The third-order valence-electron chi connectivity index (χ3n) is 4.73. The minimum absolute atomic E-state index is 0.0668. The second-order valence-corrected chi connectivity index (χ2v) is 6.47. The van der Waals surface area contributed by atoms with Gasteiger partial charge in [0.15, 0.2) is 0 Å². The molecule has 1 amide bonds. The lowest BCUT2D eigenvalue weighted by molar-refractivity contribution is 0.100. The Hall–Kier alpha value is -4.26. The molecule has 29 heavy (non-hydrogen) atoms. The molecule has 0 radical (unpaired) electrons. The summed E-state index contributed by atoms with van der Waals surface area (Å²) in [6.45, 7) is 0. The van der Waals surface area contributed by atoms with Crippen LogP contribution in [0, 0.1) is 0 Å². The molecule has 5 rings (SSSR count). The first kappa shape index (κ1) is 16.9. The lowest BCUT2D eigenvalue weighted by Crippen LogP contribution is -2.19. The number of aromatic nitrogens is 1. The lowest BCUT2D eigenvalue weighted by Gasteiger charge is -2.10. The predicted octanol–water partition coefficient (Wildman–Crippen LogP) is 2.49. The van der Waals surface area contributed by atoms with Crippen molar-refractivity contribution in [3.05, 3.63) is 89.1 Å². The summed E-state index contributed by atoms with van der Waals surface area (Å²) < 4.78 is 1.23. The maximum atomic E-state index is 12.9. The number of nitrogens with zero attached hydrogens (tertiary/aromatic N) is 4. The highest BCUT2D eigenvalue weighted by atomic mass is 16.3. The van der Waals surface area contributed by atoms with Crippen molar-refractivity contribution in [1.82, 2.24) is 4.57 Å². The van der Waals surface area contributed by atoms with Gasteiger partial charge in [-0.05, 0) is 36.4 Å². The topological polar surface area (TPSA) is 99.5 Å². The van der Waals surface area contributed by atoms with Gasteiger partial charge in [0.05, 0.1) is 22.0 Å². The summed E-state index contributed by atoms with van der Waals surface area (Å²) in [5.74, 6) is -0.827. The molecule has 2 heterocycles. The third-order valence-corrected chi connectivity index (χ3v) is 4.73. The smallest absolute Gasteiger partial charge is 0.282 e. The molecule has 0 fully saturated rings. The first-order valence-corrected chi connectivity index (χ1v) is 8.90. The van der Waals surface area contributed by atoms with E-state index in [0.29, 0.717) is 27.2 Å². The molecular weight excluding hydrogens is 368 g/mol. The Bertz CT molecular complexity index is 1370. The molecule has 0 saturated carbocycles. The van der Waals surface area contributed by atoms with E-state index in [2.05, 4.69) is 15.0 Å². The zero-order valence-electron chi connectivity index (χ0n) is 15.0. The molecule has 7 heteroatoms. The Balaban J connectivity index is 1.64. The van der Waals surface area contributed by atoms with Gasteiger partial charge in [-0.3, -0.25) is 4.79 Å². The second kappa shape index (κ2) is 6.42. The summed E-state index contributed by atoms with van der Waals surface area (Å²) in [5, 5.41) is 23.6. The van der Waals surface area contributed by atoms with Gasteiger partial charge < -0.3 is 10.2 Å². The van der Waals surface area contributed by atoms with Crippen molar-refractivity contribution in [2.45, 2.75) is 0 Å². The monoisotopic (exact) mass is 382 g/mol. The van der Waals surface area contributed by atoms with Crippen LogP contribution in [0.1, 0.15) is 10.4 Å². The second-order valence-electron chi connectivity index (χ2n) is 6.47. The van der Waals surface area contributed by atoms with Crippen LogP contribution >= 0.6 is 0 Å². The Kier molecular flexibility index (Phi) is 3.74. The summed E-state index contributed by atoms with van der Waals surface area (Å²) in [6, 6.07) is 20.8. The van der Waals surface area contributed by atoms with Crippen LogP contribution in [-0.2, 0) is 0 Å². The van der Waals surface area contributed by atoms with Gasteiger partial charge in [0.2, 0.25) is 11.8 Å². The van der Waals surface area contributed by atoms with Crippen molar-refractivity contribution in [2.24, 2.45) is 15.0 Å². The van der Waals surface area contributed by atoms with Crippen LogP contribution in [0.5, 0.6) is 11.8 Å². The van der Waals surface area contributed by atoms with Crippen LogP contribution in [0.2, 0.25) is 0 Å². The normalized spacial score (nSPS) is 12.3. The highest BCUT2D eigenvalue weighted by Crippen LogP contribution is 2.39. The van der Waals surface area contributed by atoms with Crippen molar-refractivity contribution >= 4 is 22.6 Å².